The molecule has 2 saturated heterocycles. The summed E-state index contributed by atoms with van der Waals surface area (Å²) in [4.78, 5) is 17.3. The molecule has 1 atom stereocenters. The first-order valence-electron chi connectivity index (χ1n) is 11.9. The third-order valence-electron chi connectivity index (χ3n) is 7.07. The number of hydrogen-bond donors (Lipinski definition) is 0. The molecule has 3 aromatic rings. The maximum absolute atomic E-state index is 13.4. The van der Waals surface area contributed by atoms with Crippen molar-refractivity contribution in [3.05, 3.63) is 71.2 Å². The minimum atomic E-state index is -3.11. The number of aromatic nitrogens is 2. The van der Waals surface area contributed by atoms with Crippen molar-refractivity contribution in [3.8, 4) is 11.3 Å². The van der Waals surface area contributed by atoms with Gasteiger partial charge in [0.15, 0.2) is 15.5 Å². The number of halogens is 1. The van der Waals surface area contributed by atoms with Crippen LogP contribution in [-0.2, 0) is 9.84 Å². The highest BCUT2D eigenvalue weighted by molar-refractivity contribution is 7.91. The lowest BCUT2D eigenvalue weighted by atomic mass is 10.0. The first-order chi connectivity index (χ1) is 16.7. The summed E-state index contributed by atoms with van der Waals surface area (Å²) in [6.45, 7) is 6.42. The van der Waals surface area contributed by atoms with Crippen LogP contribution < -0.4 is 4.90 Å². The third kappa shape index (κ3) is 4.82. The summed E-state index contributed by atoms with van der Waals surface area (Å²) in [7, 11) is -3.11. The van der Waals surface area contributed by atoms with Crippen molar-refractivity contribution in [2.75, 3.05) is 42.6 Å². The summed E-state index contributed by atoms with van der Waals surface area (Å²) in [5.74, 6) is -0.254. The van der Waals surface area contributed by atoms with Crippen LogP contribution in [0.5, 0.6) is 0 Å². The van der Waals surface area contributed by atoms with Crippen molar-refractivity contribution in [2.45, 2.75) is 26.3 Å². The van der Waals surface area contributed by atoms with Gasteiger partial charge in [-0.25, -0.2) is 12.8 Å². The van der Waals surface area contributed by atoms with E-state index in [-0.39, 0.29) is 29.3 Å². The van der Waals surface area contributed by atoms with Crippen LogP contribution in [0.4, 0.5) is 10.1 Å². The lowest BCUT2D eigenvalue weighted by Crippen LogP contribution is -2.48. The summed E-state index contributed by atoms with van der Waals surface area (Å²) in [5, 5.41) is 4.65. The van der Waals surface area contributed by atoms with E-state index in [0.717, 1.165) is 22.5 Å². The standard InChI is InChI=1S/C26H29FN4O3S/c1-18-3-4-20(15-19(18)2)25-16-24(28-31(25)23-9-14-35(33,34)17-23)26(32)30-12-10-29(11-13-30)22-7-5-21(27)6-8-22/h3-8,15-16,23H,9-14,17H2,1-2H3. The molecular formula is C26H29FN4O3S. The lowest BCUT2D eigenvalue weighted by Gasteiger charge is -2.35. The Morgan fingerprint density at radius 3 is 2.31 bits per heavy atom. The molecule has 2 aromatic carbocycles. The fourth-order valence-corrected chi connectivity index (χ4v) is 6.54. The predicted molar refractivity (Wildman–Crippen MR) is 134 cm³/mol. The SMILES string of the molecule is Cc1ccc(-c2cc(C(=O)N3CCN(c4ccc(F)cc4)CC3)nn2C2CCS(=O)(=O)C2)cc1C. The predicted octanol–water partition coefficient (Wildman–Crippen LogP) is 3.63. The Balaban J connectivity index is 1.40. The van der Waals surface area contributed by atoms with Crippen molar-refractivity contribution in [2.24, 2.45) is 0 Å². The zero-order chi connectivity index (χ0) is 24.7. The van der Waals surface area contributed by atoms with Crippen LogP contribution in [0, 0.1) is 19.7 Å². The Morgan fingerprint density at radius 2 is 1.69 bits per heavy atom. The van der Waals surface area contributed by atoms with Crippen LogP contribution in [0.25, 0.3) is 11.3 Å². The van der Waals surface area contributed by atoms with E-state index in [4.69, 9.17) is 0 Å². The molecule has 0 N–H and O–H groups in total. The average Bonchev–Trinajstić information content (AvgIpc) is 3.44. The molecule has 2 aliphatic heterocycles. The second kappa shape index (κ2) is 9.11. The lowest BCUT2D eigenvalue weighted by molar-refractivity contribution is 0.0739. The van der Waals surface area contributed by atoms with Gasteiger partial charge in [0.05, 0.1) is 23.2 Å². The third-order valence-corrected chi connectivity index (χ3v) is 8.82. The van der Waals surface area contributed by atoms with Crippen molar-refractivity contribution < 1.29 is 17.6 Å². The number of nitrogens with zero attached hydrogens (tertiary/aromatic N) is 4. The van der Waals surface area contributed by atoms with Gasteiger partial charge >= 0.3 is 0 Å². The van der Waals surface area contributed by atoms with E-state index in [1.165, 1.54) is 17.7 Å². The number of hydrogen-bond acceptors (Lipinski definition) is 5. The first kappa shape index (κ1) is 23.5. The molecular weight excluding hydrogens is 467 g/mol. The molecule has 7 nitrogen and oxygen atoms in total. The van der Waals surface area contributed by atoms with Crippen LogP contribution in [-0.4, -0.2) is 66.7 Å². The smallest absolute Gasteiger partial charge is 0.274 e. The zero-order valence-corrected chi connectivity index (χ0v) is 20.8. The van der Waals surface area contributed by atoms with E-state index in [1.54, 1.807) is 27.8 Å². The Bertz CT molecular complexity index is 1360. The van der Waals surface area contributed by atoms with Crippen LogP contribution in [0.15, 0.2) is 48.5 Å². The Morgan fingerprint density at radius 1 is 0.971 bits per heavy atom. The first-order valence-corrected chi connectivity index (χ1v) is 13.7. The summed E-state index contributed by atoms with van der Waals surface area (Å²) in [6, 6.07) is 14.0. The second-order valence-electron chi connectivity index (χ2n) is 9.47. The molecule has 1 unspecified atom stereocenters. The number of carbonyl (C=O) groups is 1. The van der Waals surface area contributed by atoms with Crippen molar-refractivity contribution in [3.63, 3.8) is 0 Å². The van der Waals surface area contributed by atoms with E-state index in [1.807, 2.05) is 26.0 Å². The number of aryl methyl sites for hydroxylation is 2. The van der Waals surface area contributed by atoms with Crippen LogP contribution in [0.2, 0.25) is 0 Å². The molecule has 1 aromatic heterocycles. The van der Waals surface area contributed by atoms with Crippen LogP contribution >= 0.6 is 0 Å². The van der Waals surface area contributed by atoms with Crippen LogP contribution in [0.3, 0.4) is 0 Å². The van der Waals surface area contributed by atoms with Gasteiger partial charge in [-0.3, -0.25) is 9.48 Å². The molecule has 1 amide bonds. The molecule has 0 spiro atoms. The summed E-state index contributed by atoms with van der Waals surface area (Å²) < 4.78 is 39.3. The average molecular weight is 497 g/mol. The highest BCUT2D eigenvalue weighted by Crippen LogP contribution is 2.31. The summed E-state index contributed by atoms with van der Waals surface area (Å²) >= 11 is 0. The number of rotatable bonds is 4. The molecule has 2 aliphatic rings. The van der Waals surface area contributed by atoms with Gasteiger partial charge in [-0.1, -0.05) is 12.1 Å². The fraction of sp³-hybridized carbons (Fsp3) is 0.385. The molecule has 2 fully saturated rings. The number of sulfone groups is 1. The number of amides is 1. The number of piperazine rings is 1. The molecule has 9 heteroatoms. The molecule has 184 valence electrons. The monoisotopic (exact) mass is 496 g/mol. The Kier molecular flexibility index (Phi) is 6.13. The van der Waals surface area contributed by atoms with Crippen molar-refractivity contribution in [1.29, 1.82) is 0 Å². The molecule has 0 bridgehead atoms. The van der Waals surface area contributed by atoms with E-state index < -0.39 is 9.84 Å². The van der Waals surface area contributed by atoms with E-state index in [0.29, 0.717) is 38.3 Å². The van der Waals surface area contributed by atoms with E-state index in [2.05, 4.69) is 16.1 Å². The van der Waals surface area contributed by atoms with Gasteiger partial charge in [-0.05, 0) is 67.8 Å². The van der Waals surface area contributed by atoms with E-state index in [9.17, 15) is 17.6 Å². The highest BCUT2D eigenvalue weighted by atomic mass is 32.2. The number of carbonyl (C=O) groups excluding carboxylic acids is 1. The fourth-order valence-electron chi connectivity index (χ4n) is 4.84. The van der Waals surface area contributed by atoms with Gasteiger partial charge in [0.1, 0.15) is 5.82 Å². The molecule has 3 heterocycles. The largest absolute Gasteiger partial charge is 0.368 e. The number of anilines is 1. The van der Waals surface area contributed by atoms with Crippen LogP contribution in [0.1, 0.15) is 34.1 Å². The molecule has 35 heavy (non-hydrogen) atoms. The topological polar surface area (TPSA) is 75.5 Å². The van der Waals surface area contributed by atoms with Gasteiger partial charge in [-0.15, -0.1) is 0 Å². The highest BCUT2D eigenvalue weighted by Gasteiger charge is 2.33. The maximum Gasteiger partial charge on any atom is 0.274 e. The zero-order valence-electron chi connectivity index (χ0n) is 19.9. The van der Waals surface area contributed by atoms with Gasteiger partial charge in [0.25, 0.3) is 5.91 Å². The quantitative estimate of drug-likeness (QED) is 0.552. The Hall–Kier alpha value is -3.20. The minimum Gasteiger partial charge on any atom is -0.368 e. The normalized spacial score (nSPS) is 19.8. The second-order valence-corrected chi connectivity index (χ2v) is 11.7. The van der Waals surface area contributed by atoms with Gasteiger partial charge in [-0.2, -0.15) is 5.10 Å². The van der Waals surface area contributed by atoms with Gasteiger partial charge in [0, 0.05) is 37.4 Å². The van der Waals surface area contributed by atoms with Crippen molar-refractivity contribution in [1.82, 2.24) is 14.7 Å². The molecule has 0 saturated carbocycles. The molecule has 5 rings (SSSR count). The van der Waals surface area contributed by atoms with Crippen molar-refractivity contribution >= 4 is 21.4 Å². The molecule has 0 aliphatic carbocycles. The minimum absolute atomic E-state index is 0.0382. The van der Waals surface area contributed by atoms with Gasteiger partial charge in [0.2, 0.25) is 0 Å². The van der Waals surface area contributed by atoms with Gasteiger partial charge < -0.3 is 9.80 Å². The number of benzene rings is 2. The molecule has 0 radical (unpaired) electrons. The summed E-state index contributed by atoms with van der Waals surface area (Å²) in [6.07, 6.45) is 0.492. The summed E-state index contributed by atoms with van der Waals surface area (Å²) in [5.41, 5.74) is 5.24. The maximum atomic E-state index is 13.4. The Labute approximate surface area is 205 Å². The van der Waals surface area contributed by atoms with E-state index >= 15 is 0 Å².